The molecule has 0 fully saturated rings. The molecule has 0 saturated carbocycles. The maximum Gasteiger partial charge on any atom is 0.124 e. The molecule has 114 valence electrons. The van der Waals surface area contributed by atoms with Crippen molar-refractivity contribution < 1.29 is 4.74 Å². The van der Waals surface area contributed by atoms with Crippen molar-refractivity contribution in [2.24, 2.45) is 7.05 Å². The third-order valence-corrected chi connectivity index (χ3v) is 4.01. The van der Waals surface area contributed by atoms with E-state index in [9.17, 15) is 0 Å². The van der Waals surface area contributed by atoms with Crippen LogP contribution in [0.25, 0.3) is 0 Å². The van der Waals surface area contributed by atoms with Crippen LogP contribution in [0.3, 0.4) is 0 Å². The van der Waals surface area contributed by atoms with E-state index < -0.39 is 0 Å². The first-order valence-electron chi connectivity index (χ1n) is 7.18. The molecule has 0 amide bonds. The number of nitrogens with one attached hydrogen (secondary N) is 1. The number of methoxy groups -OCH3 is 1. The first-order valence-corrected chi connectivity index (χ1v) is 7.98. The molecule has 4 nitrogen and oxygen atoms in total. The van der Waals surface area contributed by atoms with Gasteiger partial charge >= 0.3 is 0 Å². The SMILES string of the molecule is CCCNC(Cc1nccn1C)c1ccc(Br)cc1OC. The second-order valence-corrected chi connectivity index (χ2v) is 5.97. The molecule has 21 heavy (non-hydrogen) atoms. The number of hydrogen-bond acceptors (Lipinski definition) is 3. The number of aryl methyl sites for hydroxylation is 1. The second kappa shape index (κ2) is 7.61. The van der Waals surface area contributed by atoms with E-state index >= 15 is 0 Å². The highest BCUT2D eigenvalue weighted by molar-refractivity contribution is 9.10. The Kier molecular flexibility index (Phi) is 5.82. The van der Waals surface area contributed by atoms with E-state index in [0.29, 0.717) is 0 Å². The van der Waals surface area contributed by atoms with Gasteiger partial charge in [0.25, 0.3) is 0 Å². The van der Waals surface area contributed by atoms with Crippen LogP contribution in [0.5, 0.6) is 5.75 Å². The third-order valence-electron chi connectivity index (χ3n) is 3.52. The number of rotatable bonds is 7. The normalized spacial score (nSPS) is 12.4. The van der Waals surface area contributed by atoms with Gasteiger partial charge < -0.3 is 14.6 Å². The molecule has 0 saturated heterocycles. The van der Waals surface area contributed by atoms with Crippen molar-refractivity contribution in [3.63, 3.8) is 0 Å². The predicted octanol–water partition coefficient (Wildman–Crippen LogP) is 3.47. The van der Waals surface area contributed by atoms with E-state index in [-0.39, 0.29) is 6.04 Å². The summed E-state index contributed by atoms with van der Waals surface area (Å²) in [5.41, 5.74) is 1.16. The minimum atomic E-state index is 0.189. The zero-order valence-corrected chi connectivity index (χ0v) is 14.4. The van der Waals surface area contributed by atoms with Crippen molar-refractivity contribution in [2.45, 2.75) is 25.8 Å². The van der Waals surface area contributed by atoms with Gasteiger partial charge in [0, 0.05) is 41.9 Å². The molecular formula is C16H22BrN3O. The van der Waals surface area contributed by atoms with Crippen LogP contribution >= 0.6 is 15.9 Å². The molecule has 2 rings (SSSR count). The number of hydrogen-bond donors (Lipinski definition) is 1. The van der Waals surface area contributed by atoms with E-state index in [0.717, 1.165) is 41.0 Å². The number of ether oxygens (including phenoxy) is 1. The average molecular weight is 352 g/mol. The van der Waals surface area contributed by atoms with Crippen LogP contribution in [-0.4, -0.2) is 23.2 Å². The molecule has 1 aromatic heterocycles. The molecule has 0 spiro atoms. The predicted molar refractivity (Wildman–Crippen MR) is 88.6 cm³/mol. The highest BCUT2D eigenvalue weighted by atomic mass is 79.9. The smallest absolute Gasteiger partial charge is 0.124 e. The molecule has 1 heterocycles. The van der Waals surface area contributed by atoms with Gasteiger partial charge in [0.2, 0.25) is 0 Å². The highest BCUT2D eigenvalue weighted by Crippen LogP contribution is 2.30. The van der Waals surface area contributed by atoms with Gasteiger partial charge in [0.1, 0.15) is 11.6 Å². The molecule has 0 bridgehead atoms. The van der Waals surface area contributed by atoms with Crippen LogP contribution in [0.15, 0.2) is 35.1 Å². The van der Waals surface area contributed by atoms with E-state index in [2.05, 4.69) is 49.9 Å². The van der Waals surface area contributed by atoms with Gasteiger partial charge in [-0.25, -0.2) is 4.98 Å². The van der Waals surface area contributed by atoms with Crippen LogP contribution in [0.2, 0.25) is 0 Å². The molecule has 2 aromatic rings. The maximum absolute atomic E-state index is 5.54. The number of nitrogens with zero attached hydrogens (tertiary/aromatic N) is 2. The first kappa shape index (κ1) is 16.0. The van der Waals surface area contributed by atoms with E-state index in [1.165, 1.54) is 0 Å². The lowest BCUT2D eigenvalue weighted by molar-refractivity contribution is 0.396. The summed E-state index contributed by atoms with van der Waals surface area (Å²) >= 11 is 3.49. The number of benzene rings is 1. The summed E-state index contributed by atoms with van der Waals surface area (Å²) in [5.74, 6) is 1.96. The molecule has 1 unspecified atom stereocenters. The van der Waals surface area contributed by atoms with Crippen molar-refractivity contribution in [1.29, 1.82) is 0 Å². The Hall–Kier alpha value is -1.33. The van der Waals surface area contributed by atoms with Crippen molar-refractivity contribution in [3.05, 3.63) is 46.5 Å². The maximum atomic E-state index is 5.54. The monoisotopic (exact) mass is 351 g/mol. The molecule has 1 atom stereocenters. The minimum absolute atomic E-state index is 0.189. The summed E-state index contributed by atoms with van der Waals surface area (Å²) in [6, 6.07) is 6.36. The second-order valence-electron chi connectivity index (χ2n) is 5.05. The number of halogens is 1. The fraction of sp³-hybridized carbons (Fsp3) is 0.438. The van der Waals surface area contributed by atoms with Crippen molar-refractivity contribution in [2.75, 3.05) is 13.7 Å². The zero-order valence-electron chi connectivity index (χ0n) is 12.8. The van der Waals surface area contributed by atoms with Crippen molar-refractivity contribution >= 4 is 15.9 Å². The Labute approximate surface area is 134 Å². The topological polar surface area (TPSA) is 39.1 Å². The Morgan fingerprint density at radius 1 is 1.43 bits per heavy atom. The van der Waals surface area contributed by atoms with Gasteiger partial charge in [0.05, 0.1) is 7.11 Å². The van der Waals surface area contributed by atoms with Gasteiger partial charge in [-0.3, -0.25) is 0 Å². The van der Waals surface area contributed by atoms with E-state index in [4.69, 9.17) is 4.74 Å². The molecule has 5 heteroatoms. The van der Waals surface area contributed by atoms with Gasteiger partial charge in [0.15, 0.2) is 0 Å². The molecule has 0 aliphatic rings. The molecule has 0 aliphatic carbocycles. The summed E-state index contributed by atoms with van der Waals surface area (Å²) in [4.78, 5) is 4.44. The molecule has 0 radical (unpaired) electrons. The fourth-order valence-electron chi connectivity index (χ4n) is 2.36. The average Bonchev–Trinajstić information content (AvgIpc) is 2.88. The van der Waals surface area contributed by atoms with E-state index in [1.54, 1.807) is 7.11 Å². The van der Waals surface area contributed by atoms with Crippen LogP contribution in [0.4, 0.5) is 0 Å². The van der Waals surface area contributed by atoms with Crippen LogP contribution in [0.1, 0.15) is 30.8 Å². The minimum Gasteiger partial charge on any atom is -0.496 e. The number of aromatic nitrogens is 2. The summed E-state index contributed by atoms with van der Waals surface area (Å²) in [6.07, 6.45) is 5.74. The summed E-state index contributed by atoms with van der Waals surface area (Å²) in [6.45, 7) is 3.14. The van der Waals surface area contributed by atoms with Crippen molar-refractivity contribution in [3.8, 4) is 5.75 Å². The summed E-state index contributed by atoms with van der Waals surface area (Å²) in [7, 11) is 3.74. The first-order chi connectivity index (χ1) is 10.2. The third kappa shape index (κ3) is 4.08. The standard InChI is InChI=1S/C16H22BrN3O/c1-4-7-18-14(11-16-19-8-9-20(16)2)13-6-5-12(17)10-15(13)21-3/h5-6,8-10,14,18H,4,7,11H2,1-3H3. The Morgan fingerprint density at radius 2 is 2.24 bits per heavy atom. The molecule has 1 N–H and O–H groups in total. The molecule has 0 aliphatic heterocycles. The lowest BCUT2D eigenvalue weighted by Crippen LogP contribution is -2.25. The Balaban J connectivity index is 2.29. The number of imidazole rings is 1. The fourth-order valence-corrected chi connectivity index (χ4v) is 2.70. The summed E-state index contributed by atoms with van der Waals surface area (Å²) in [5, 5.41) is 3.60. The zero-order chi connectivity index (χ0) is 15.2. The Bertz CT molecular complexity index is 583. The van der Waals surface area contributed by atoms with Gasteiger partial charge in [-0.1, -0.05) is 28.9 Å². The molecular weight excluding hydrogens is 330 g/mol. The van der Waals surface area contributed by atoms with Crippen LogP contribution in [-0.2, 0) is 13.5 Å². The van der Waals surface area contributed by atoms with Gasteiger partial charge in [-0.05, 0) is 25.1 Å². The van der Waals surface area contributed by atoms with Crippen molar-refractivity contribution in [1.82, 2.24) is 14.9 Å². The lowest BCUT2D eigenvalue weighted by atomic mass is 10.0. The molecule has 1 aromatic carbocycles. The van der Waals surface area contributed by atoms with Gasteiger partial charge in [-0.2, -0.15) is 0 Å². The quantitative estimate of drug-likeness (QED) is 0.829. The van der Waals surface area contributed by atoms with E-state index in [1.807, 2.05) is 25.5 Å². The lowest BCUT2D eigenvalue weighted by Gasteiger charge is -2.21. The summed E-state index contributed by atoms with van der Waals surface area (Å²) < 4.78 is 8.62. The van der Waals surface area contributed by atoms with Crippen LogP contribution < -0.4 is 10.1 Å². The largest absolute Gasteiger partial charge is 0.496 e. The van der Waals surface area contributed by atoms with Gasteiger partial charge in [-0.15, -0.1) is 0 Å². The van der Waals surface area contributed by atoms with Crippen LogP contribution in [0, 0.1) is 0 Å². The Morgan fingerprint density at radius 3 is 2.86 bits per heavy atom. The highest BCUT2D eigenvalue weighted by Gasteiger charge is 2.18.